The first kappa shape index (κ1) is 15.9. The van der Waals surface area contributed by atoms with Gasteiger partial charge in [-0.3, -0.25) is 10.1 Å². The lowest BCUT2D eigenvalue weighted by Gasteiger charge is -2.36. The summed E-state index contributed by atoms with van der Waals surface area (Å²) in [6, 6.07) is 4.07. The molecule has 1 amide bonds. The zero-order valence-electron chi connectivity index (χ0n) is 12.7. The summed E-state index contributed by atoms with van der Waals surface area (Å²) in [6.45, 7) is 7.22. The Morgan fingerprint density at radius 3 is 2.65 bits per heavy atom. The van der Waals surface area contributed by atoms with Gasteiger partial charge in [0, 0.05) is 16.2 Å². The standard InChI is InChI=1S/C15H24N2OS2/c1-5-15(6-2,19-4)10-17-13(12-8-7-9-20-12)16-11(3)14(17)18/h7-9,11,13,16H,5-6,10H2,1-4H3. The van der Waals surface area contributed by atoms with E-state index in [0.717, 1.165) is 19.4 Å². The van der Waals surface area contributed by atoms with Crippen LogP contribution in [0.15, 0.2) is 17.5 Å². The molecule has 1 N–H and O–H groups in total. The van der Waals surface area contributed by atoms with E-state index in [1.807, 2.05) is 23.6 Å². The maximum absolute atomic E-state index is 12.5. The molecule has 2 rings (SSSR count). The Bertz CT molecular complexity index is 434. The second-order valence-electron chi connectivity index (χ2n) is 5.37. The van der Waals surface area contributed by atoms with Crippen molar-refractivity contribution in [3.63, 3.8) is 0 Å². The van der Waals surface area contributed by atoms with Crippen LogP contribution in [-0.2, 0) is 4.79 Å². The predicted octanol–water partition coefficient (Wildman–Crippen LogP) is 3.49. The van der Waals surface area contributed by atoms with Gasteiger partial charge in [-0.05, 0) is 37.5 Å². The zero-order chi connectivity index (χ0) is 14.8. The van der Waals surface area contributed by atoms with Gasteiger partial charge >= 0.3 is 0 Å². The summed E-state index contributed by atoms with van der Waals surface area (Å²) < 4.78 is 0.164. The van der Waals surface area contributed by atoms with Gasteiger partial charge in [0.25, 0.3) is 0 Å². The highest BCUT2D eigenvalue weighted by Gasteiger charge is 2.41. The molecular formula is C15H24N2OS2. The third-order valence-electron chi connectivity index (χ3n) is 4.37. The minimum Gasteiger partial charge on any atom is -0.319 e. The van der Waals surface area contributed by atoms with Crippen LogP contribution in [0.4, 0.5) is 0 Å². The molecule has 2 atom stereocenters. The lowest BCUT2D eigenvalue weighted by Crippen LogP contribution is -2.42. The molecule has 2 heterocycles. The van der Waals surface area contributed by atoms with Crippen LogP contribution in [-0.4, -0.2) is 34.4 Å². The Labute approximate surface area is 130 Å². The average Bonchev–Trinajstić information content (AvgIpc) is 3.08. The number of thiophene rings is 1. The fourth-order valence-corrected chi connectivity index (χ4v) is 4.40. The molecule has 1 aromatic heterocycles. The molecular weight excluding hydrogens is 288 g/mol. The molecule has 0 bridgehead atoms. The summed E-state index contributed by atoms with van der Waals surface area (Å²) >= 11 is 3.60. The third kappa shape index (κ3) is 2.90. The maximum Gasteiger partial charge on any atom is 0.241 e. The second-order valence-corrected chi connectivity index (χ2v) is 7.62. The van der Waals surface area contributed by atoms with Crippen molar-refractivity contribution in [2.45, 2.75) is 50.6 Å². The highest BCUT2D eigenvalue weighted by atomic mass is 32.2. The molecule has 3 nitrogen and oxygen atoms in total. The van der Waals surface area contributed by atoms with E-state index >= 15 is 0 Å². The summed E-state index contributed by atoms with van der Waals surface area (Å²) in [7, 11) is 0. The summed E-state index contributed by atoms with van der Waals surface area (Å²) in [6.07, 6.45) is 4.37. The molecule has 2 unspecified atom stereocenters. The van der Waals surface area contributed by atoms with E-state index in [4.69, 9.17) is 0 Å². The SMILES string of the molecule is CCC(CC)(CN1C(=O)C(C)NC1c1cccs1)SC. The number of carbonyl (C=O) groups is 1. The summed E-state index contributed by atoms with van der Waals surface area (Å²) in [5.41, 5.74) is 0. The predicted molar refractivity (Wildman–Crippen MR) is 88.2 cm³/mol. The number of nitrogens with one attached hydrogen (secondary N) is 1. The molecule has 1 aromatic rings. The number of hydrogen-bond acceptors (Lipinski definition) is 4. The van der Waals surface area contributed by atoms with Crippen molar-refractivity contribution < 1.29 is 4.79 Å². The van der Waals surface area contributed by atoms with Gasteiger partial charge in [-0.15, -0.1) is 11.3 Å². The van der Waals surface area contributed by atoms with Crippen molar-refractivity contribution >= 4 is 29.0 Å². The average molecular weight is 313 g/mol. The summed E-state index contributed by atoms with van der Waals surface area (Å²) in [4.78, 5) is 15.8. The molecule has 0 aliphatic carbocycles. The fraction of sp³-hybridized carbons (Fsp3) is 0.667. The first-order valence-corrected chi connectivity index (χ1v) is 9.32. The Hall–Kier alpha value is -0.520. The van der Waals surface area contributed by atoms with Crippen LogP contribution >= 0.6 is 23.1 Å². The van der Waals surface area contributed by atoms with Crippen LogP contribution in [0.25, 0.3) is 0 Å². The van der Waals surface area contributed by atoms with E-state index in [2.05, 4.69) is 42.9 Å². The van der Waals surface area contributed by atoms with E-state index in [1.165, 1.54) is 4.88 Å². The van der Waals surface area contributed by atoms with Crippen molar-refractivity contribution in [1.29, 1.82) is 0 Å². The number of hydrogen-bond donors (Lipinski definition) is 1. The lowest BCUT2D eigenvalue weighted by molar-refractivity contribution is -0.130. The van der Waals surface area contributed by atoms with Crippen LogP contribution < -0.4 is 5.32 Å². The molecule has 0 spiro atoms. The van der Waals surface area contributed by atoms with Gasteiger partial charge in [0.2, 0.25) is 5.91 Å². The Kier molecular flexibility index (Phi) is 5.15. The zero-order valence-corrected chi connectivity index (χ0v) is 14.3. The van der Waals surface area contributed by atoms with Crippen molar-refractivity contribution in [2.75, 3.05) is 12.8 Å². The highest BCUT2D eigenvalue weighted by Crippen LogP contribution is 2.36. The molecule has 0 radical (unpaired) electrons. The van der Waals surface area contributed by atoms with E-state index < -0.39 is 0 Å². The molecule has 5 heteroatoms. The van der Waals surface area contributed by atoms with Gasteiger partial charge in [-0.2, -0.15) is 11.8 Å². The van der Waals surface area contributed by atoms with Crippen LogP contribution in [0.5, 0.6) is 0 Å². The fourth-order valence-electron chi connectivity index (χ4n) is 2.76. The maximum atomic E-state index is 12.5. The number of thioether (sulfide) groups is 1. The molecule has 1 saturated heterocycles. The summed E-state index contributed by atoms with van der Waals surface area (Å²) in [5, 5.41) is 5.50. The Morgan fingerprint density at radius 2 is 2.15 bits per heavy atom. The number of amides is 1. The lowest BCUT2D eigenvalue weighted by atomic mass is 10.0. The number of carbonyl (C=O) groups excluding carboxylic acids is 1. The monoisotopic (exact) mass is 312 g/mol. The Morgan fingerprint density at radius 1 is 1.45 bits per heavy atom. The molecule has 1 fully saturated rings. The highest BCUT2D eigenvalue weighted by molar-refractivity contribution is 8.00. The first-order chi connectivity index (χ1) is 9.56. The first-order valence-electron chi connectivity index (χ1n) is 7.22. The second kappa shape index (κ2) is 6.50. The van der Waals surface area contributed by atoms with Crippen molar-refractivity contribution in [3.05, 3.63) is 22.4 Å². The van der Waals surface area contributed by atoms with Crippen molar-refractivity contribution in [2.24, 2.45) is 0 Å². The van der Waals surface area contributed by atoms with Crippen molar-refractivity contribution in [1.82, 2.24) is 10.2 Å². The molecule has 1 aliphatic rings. The number of nitrogens with zero attached hydrogens (tertiary/aromatic N) is 1. The molecule has 20 heavy (non-hydrogen) atoms. The van der Waals surface area contributed by atoms with Crippen LogP contribution in [0.1, 0.15) is 44.7 Å². The van der Waals surface area contributed by atoms with E-state index in [1.54, 1.807) is 11.3 Å². The number of rotatable bonds is 6. The van der Waals surface area contributed by atoms with Gasteiger partial charge in [-0.1, -0.05) is 19.9 Å². The van der Waals surface area contributed by atoms with Gasteiger partial charge in [0.05, 0.1) is 6.04 Å². The van der Waals surface area contributed by atoms with Crippen LogP contribution in [0.2, 0.25) is 0 Å². The smallest absolute Gasteiger partial charge is 0.241 e. The largest absolute Gasteiger partial charge is 0.319 e. The summed E-state index contributed by atoms with van der Waals surface area (Å²) in [5.74, 6) is 0.226. The van der Waals surface area contributed by atoms with Gasteiger partial charge < -0.3 is 4.90 Å². The topological polar surface area (TPSA) is 32.3 Å². The van der Waals surface area contributed by atoms with E-state index in [9.17, 15) is 4.79 Å². The van der Waals surface area contributed by atoms with Crippen molar-refractivity contribution in [3.8, 4) is 0 Å². The molecule has 112 valence electrons. The minimum atomic E-state index is -0.0876. The van der Waals surface area contributed by atoms with E-state index in [-0.39, 0.29) is 22.9 Å². The quantitative estimate of drug-likeness (QED) is 0.872. The van der Waals surface area contributed by atoms with Gasteiger partial charge in [-0.25, -0.2) is 0 Å². The van der Waals surface area contributed by atoms with Crippen LogP contribution in [0.3, 0.4) is 0 Å². The molecule has 1 aliphatic heterocycles. The van der Waals surface area contributed by atoms with Gasteiger partial charge in [0.15, 0.2) is 0 Å². The van der Waals surface area contributed by atoms with Crippen LogP contribution in [0, 0.1) is 0 Å². The molecule has 0 aromatic carbocycles. The van der Waals surface area contributed by atoms with Gasteiger partial charge in [0.1, 0.15) is 6.17 Å². The third-order valence-corrected chi connectivity index (χ3v) is 6.86. The normalized spacial score (nSPS) is 23.6. The molecule has 0 saturated carbocycles. The Balaban J connectivity index is 2.24. The van der Waals surface area contributed by atoms with E-state index in [0.29, 0.717) is 0 Å². The minimum absolute atomic E-state index is 0.0436.